The van der Waals surface area contributed by atoms with Crippen molar-refractivity contribution in [1.29, 1.82) is 0 Å². The molecule has 1 heterocycles. The lowest BCUT2D eigenvalue weighted by atomic mass is 10.1. The molecule has 0 saturated heterocycles. The number of pyridine rings is 1. The second-order valence-corrected chi connectivity index (χ2v) is 8.97. The maximum atomic E-state index is 12.8. The monoisotopic (exact) mass is 454 g/mol. The number of benzene rings is 2. The van der Waals surface area contributed by atoms with Crippen LogP contribution in [0, 0.1) is 0 Å². The van der Waals surface area contributed by atoms with Crippen molar-refractivity contribution in [2.75, 3.05) is 14.2 Å². The van der Waals surface area contributed by atoms with Crippen molar-refractivity contribution in [2.45, 2.75) is 21.0 Å². The first kappa shape index (κ1) is 22.1. The number of hydrogen-bond acceptors (Lipinski definition) is 5. The number of alkyl halides is 3. The summed E-state index contributed by atoms with van der Waals surface area (Å²) in [4.78, 5) is 4.86. The summed E-state index contributed by atoms with van der Waals surface area (Å²) in [6.07, 6.45) is -2.84. The maximum absolute atomic E-state index is 12.8. The Balaban J connectivity index is 2.01. The molecule has 2 aromatic carbocycles. The number of ether oxygens (including phenoxy) is 1. The van der Waals surface area contributed by atoms with Crippen molar-refractivity contribution in [2.24, 2.45) is 0 Å². The molecule has 0 amide bonds. The van der Waals surface area contributed by atoms with Crippen molar-refractivity contribution in [3.63, 3.8) is 0 Å². The van der Waals surface area contributed by atoms with Crippen LogP contribution in [0.4, 0.5) is 13.2 Å². The average Bonchev–Trinajstić information content (AvgIpc) is 2.73. The Bertz CT molecular complexity index is 1150. The molecule has 0 aliphatic carbocycles. The van der Waals surface area contributed by atoms with Crippen LogP contribution in [0.25, 0.3) is 11.1 Å². The third kappa shape index (κ3) is 4.77. The van der Waals surface area contributed by atoms with Gasteiger partial charge in [-0.1, -0.05) is 23.9 Å². The normalized spacial score (nSPS) is 12.0. The minimum absolute atomic E-state index is 0.0284. The molecule has 0 bridgehead atoms. The van der Waals surface area contributed by atoms with Crippen LogP contribution in [0.3, 0.4) is 0 Å². The molecule has 0 atom stereocenters. The van der Waals surface area contributed by atoms with E-state index < -0.39 is 21.8 Å². The highest BCUT2D eigenvalue weighted by molar-refractivity contribution is 7.99. The molecule has 0 unspecified atom stereocenters. The average molecular weight is 454 g/mol. The van der Waals surface area contributed by atoms with Gasteiger partial charge in [0, 0.05) is 16.7 Å². The van der Waals surface area contributed by atoms with Crippen LogP contribution >= 0.6 is 11.8 Å². The van der Waals surface area contributed by atoms with Crippen LogP contribution in [0.15, 0.2) is 75.6 Å². The van der Waals surface area contributed by atoms with Crippen LogP contribution in [0.5, 0.6) is 5.75 Å². The van der Waals surface area contributed by atoms with E-state index in [4.69, 9.17) is 4.74 Å². The summed E-state index contributed by atoms with van der Waals surface area (Å²) in [5.74, 6) is 0.189. The lowest BCUT2D eigenvalue weighted by molar-refractivity contribution is -0.137. The van der Waals surface area contributed by atoms with Gasteiger partial charge in [-0.25, -0.2) is 18.1 Å². The lowest BCUT2D eigenvalue weighted by Crippen LogP contribution is -2.19. The fourth-order valence-corrected chi connectivity index (χ4v) is 4.50. The highest BCUT2D eigenvalue weighted by Gasteiger charge is 2.30. The van der Waals surface area contributed by atoms with Crippen LogP contribution < -0.4 is 9.46 Å². The molecule has 0 saturated carbocycles. The van der Waals surface area contributed by atoms with E-state index in [9.17, 15) is 21.6 Å². The van der Waals surface area contributed by atoms with Gasteiger partial charge in [0.25, 0.3) is 0 Å². The molecule has 0 spiro atoms. The van der Waals surface area contributed by atoms with Gasteiger partial charge in [-0.3, -0.25) is 0 Å². The third-order valence-electron chi connectivity index (χ3n) is 4.20. The zero-order chi connectivity index (χ0) is 21.9. The van der Waals surface area contributed by atoms with Crippen LogP contribution in [-0.2, 0) is 16.2 Å². The Kier molecular flexibility index (Phi) is 6.39. The summed E-state index contributed by atoms with van der Waals surface area (Å²) in [5.41, 5.74) is 0.481. The molecule has 1 aromatic heterocycles. The van der Waals surface area contributed by atoms with Crippen molar-refractivity contribution < 1.29 is 26.3 Å². The number of sulfonamides is 1. The van der Waals surface area contributed by atoms with Crippen LogP contribution in [-0.4, -0.2) is 27.6 Å². The summed E-state index contributed by atoms with van der Waals surface area (Å²) in [6, 6.07) is 12.9. The van der Waals surface area contributed by atoms with Gasteiger partial charge >= 0.3 is 6.18 Å². The maximum Gasteiger partial charge on any atom is 0.416 e. The van der Waals surface area contributed by atoms with E-state index in [1.807, 2.05) is 0 Å². The van der Waals surface area contributed by atoms with E-state index in [2.05, 4.69) is 9.71 Å². The van der Waals surface area contributed by atoms with Gasteiger partial charge in [0.2, 0.25) is 10.0 Å². The second-order valence-electron chi connectivity index (χ2n) is 6.05. The summed E-state index contributed by atoms with van der Waals surface area (Å²) in [6.45, 7) is 0. The summed E-state index contributed by atoms with van der Waals surface area (Å²) in [5, 5.41) is 0.523. The number of nitrogens with one attached hydrogen (secondary N) is 1. The molecule has 0 aliphatic rings. The topological polar surface area (TPSA) is 68.3 Å². The predicted octanol–water partition coefficient (Wildman–Crippen LogP) is 4.84. The molecule has 30 heavy (non-hydrogen) atoms. The first-order valence-electron chi connectivity index (χ1n) is 8.58. The molecule has 3 aromatic rings. The van der Waals surface area contributed by atoms with E-state index >= 15 is 0 Å². The van der Waals surface area contributed by atoms with Crippen LogP contribution in [0.2, 0.25) is 0 Å². The molecular weight excluding hydrogens is 437 g/mol. The van der Waals surface area contributed by atoms with Crippen molar-refractivity contribution in [1.82, 2.24) is 9.71 Å². The Morgan fingerprint density at radius 2 is 1.77 bits per heavy atom. The Morgan fingerprint density at radius 3 is 2.37 bits per heavy atom. The minimum atomic E-state index is -4.41. The smallest absolute Gasteiger partial charge is 0.416 e. The number of halogens is 3. The first-order chi connectivity index (χ1) is 14.2. The molecule has 3 rings (SSSR count). The first-order valence-corrected chi connectivity index (χ1v) is 10.9. The number of rotatable bonds is 6. The molecular formula is C20H17F3N2O3S2. The second kappa shape index (κ2) is 8.66. The van der Waals surface area contributed by atoms with E-state index in [0.717, 1.165) is 12.1 Å². The quantitative estimate of drug-likeness (QED) is 0.578. The van der Waals surface area contributed by atoms with Crippen LogP contribution in [0.1, 0.15) is 5.56 Å². The van der Waals surface area contributed by atoms with E-state index in [1.165, 1.54) is 44.1 Å². The molecule has 5 nitrogen and oxygen atoms in total. The lowest BCUT2D eigenvalue weighted by Gasteiger charge is -2.13. The highest BCUT2D eigenvalue weighted by Crippen LogP contribution is 2.38. The largest absolute Gasteiger partial charge is 0.495 e. The predicted molar refractivity (Wildman–Crippen MR) is 108 cm³/mol. The van der Waals surface area contributed by atoms with Gasteiger partial charge in [-0.05, 0) is 55.1 Å². The fourth-order valence-electron chi connectivity index (χ4n) is 2.68. The summed E-state index contributed by atoms with van der Waals surface area (Å²) >= 11 is 1.18. The SMILES string of the molecule is CNS(=O)(=O)c1cc(-c2cccnc2Sc2ccc(C(F)(F)F)cc2)ccc1OC. The van der Waals surface area contributed by atoms with Gasteiger partial charge < -0.3 is 4.74 Å². The van der Waals surface area contributed by atoms with Crippen molar-refractivity contribution in [3.05, 3.63) is 66.4 Å². The number of hydrogen-bond donors (Lipinski definition) is 1. The Hall–Kier alpha value is -2.56. The van der Waals surface area contributed by atoms with E-state index in [0.29, 0.717) is 21.0 Å². The molecule has 0 radical (unpaired) electrons. The molecule has 0 fully saturated rings. The zero-order valence-electron chi connectivity index (χ0n) is 15.9. The summed E-state index contributed by atoms with van der Waals surface area (Å²) in [7, 11) is -1.09. The van der Waals surface area contributed by atoms with Crippen molar-refractivity contribution >= 4 is 21.8 Å². The van der Waals surface area contributed by atoms with Gasteiger partial charge in [0.15, 0.2) is 0 Å². The fraction of sp³-hybridized carbons (Fsp3) is 0.150. The molecule has 158 valence electrons. The van der Waals surface area contributed by atoms with Crippen molar-refractivity contribution in [3.8, 4) is 16.9 Å². The number of aromatic nitrogens is 1. The Labute approximate surface area is 176 Å². The highest BCUT2D eigenvalue weighted by atomic mass is 32.2. The molecule has 0 aliphatic heterocycles. The molecule has 1 N–H and O–H groups in total. The third-order valence-corrected chi connectivity index (χ3v) is 6.66. The number of methoxy groups -OCH3 is 1. The zero-order valence-corrected chi connectivity index (χ0v) is 17.5. The van der Waals surface area contributed by atoms with E-state index in [1.54, 1.807) is 30.5 Å². The minimum Gasteiger partial charge on any atom is -0.495 e. The molecule has 10 heteroatoms. The van der Waals surface area contributed by atoms with Gasteiger partial charge in [0.1, 0.15) is 15.7 Å². The Morgan fingerprint density at radius 1 is 1.07 bits per heavy atom. The number of nitrogens with zero attached hydrogens (tertiary/aromatic N) is 1. The summed E-state index contributed by atoms with van der Waals surface area (Å²) < 4.78 is 70.4. The standard InChI is InChI=1S/C20H17F3N2O3S2/c1-24-30(26,27)18-12-13(5-10-17(18)28-2)16-4-3-11-25-19(16)29-15-8-6-14(7-9-15)20(21,22)23/h3-12,24H,1-2H3. The van der Waals surface area contributed by atoms with Gasteiger partial charge in [-0.2, -0.15) is 13.2 Å². The van der Waals surface area contributed by atoms with Gasteiger partial charge in [0.05, 0.1) is 12.7 Å². The van der Waals surface area contributed by atoms with E-state index in [-0.39, 0.29) is 10.6 Å². The van der Waals surface area contributed by atoms with Gasteiger partial charge in [-0.15, -0.1) is 0 Å².